The van der Waals surface area contributed by atoms with Crippen LogP contribution < -0.4 is 10.4 Å². The van der Waals surface area contributed by atoms with Gasteiger partial charge in [0.05, 0.1) is 11.1 Å². The van der Waals surface area contributed by atoms with E-state index in [2.05, 4.69) is 30.4 Å². The van der Waals surface area contributed by atoms with Crippen LogP contribution in [0, 0.1) is 0 Å². The summed E-state index contributed by atoms with van der Waals surface area (Å²) in [4.78, 5) is 0. The van der Waals surface area contributed by atoms with Gasteiger partial charge in [0.1, 0.15) is 0 Å². The van der Waals surface area contributed by atoms with Crippen molar-refractivity contribution in [3.8, 4) is 22.3 Å². The molecule has 0 amide bonds. The standard InChI is InChI=1S/C32H22F6/c33-31(34,35)29-18-28(19-30(20-29)32(36,37)38)25-15-13-24(14-16-25)27-10-4-9-26(17-27)23-8-3-7-21-5-1-2-6-22(21)11-12-23/h1-2,4-7,9-20H,3,8H2/b21-7-,22-11-,23-12+. The lowest BCUT2D eigenvalue weighted by molar-refractivity contribution is -0.143. The van der Waals surface area contributed by atoms with E-state index in [0.29, 0.717) is 0 Å². The zero-order chi connectivity index (χ0) is 26.9. The SMILES string of the molecule is FC(F)(F)c1cc(-c2ccc(-c3cccc(/C4=C/C=c5/cccc/c5=C/CC4)c3)cc2)cc(C(F)(F)F)c1. The van der Waals surface area contributed by atoms with E-state index >= 15 is 0 Å². The molecule has 0 unspecified atom stereocenters. The van der Waals surface area contributed by atoms with Gasteiger partial charge in [-0.25, -0.2) is 0 Å². The van der Waals surface area contributed by atoms with Crippen molar-refractivity contribution < 1.29 is 26.3 Å². The molecule has 0 saturated heterocycles. The Balaban J connectivity index is 1.47. The van der Waals surface area contributed by atoms with Gasteiger partial charge in [-0.1, -0.05) is 85.0 Å². The van der Waals surface area contributed by atoms with Gasteiger partial charge in [0, 0.05) is 0 Å². The molecule has 5 rings (SSSR count). The minimum absolute atomic E-state index is 0.140. The van der Waals surface area contributed by atoms with Crippen LogP contribution in [0.3, 0.4) is 0 Å². The Morgan fingerprint density at radius 3 is 1.68 bits per heavy atom. The molecular weight excluding hydrogens is 498 g/mol. The van der Waals surface area contributed by atoms with Crippen LogP contribution in [0.15, 0.2) is 97.1 Å². The third-order valence-electron chi connectivity index (χ3n) is 6.61. The average Bonchev–Trinajstić information content (AvgIpc) is 2.88. The molecule has 0 fully saturated rings. The van der Waals surface area contributed by atoms with Crippen LogP contribution >= 0.6 is 0 Å². The molecule has 4 aromatic carbocycles. The maximum Gasteiger partial charge on any atom is 0.416 e. The average molecular weight is 521 g/mol. The number of allylic oxidation sites excluding steroid dienone is 2. The Bertz CT molecular complexity index is 1590. The van der Waals surface area contributed by atoms with E-state index in [1.54, 1.807) is 24.3 Å². The van der Waals surface area contributed by atoms with Crippen molar-refractivity contribution in [3.63, 3.8) is 0 Å². The summed E-state index contributed by atoms with van der Waals surface area (Å²) >= 11 is 0. The molecule has 0 N–H and O–H groups in total. The molecule has 0 aromatic heterocycles. The first-order valence-corrected chi connectivity index (χ1v) is 12.0. The first kappa shape index (κ1) is 25.6. The lowest BCUT2D eigenvalue weighted by Gasteiger charge is -2.15. The summed E-state index contributed by atoms with van der Waals surface area (Å²) in [5.41, 5.74) is 1.42. The number of alkyl halides is 6. The van der Waals surface area contributed by atoms with Crippen molar-refractivity contribution in [1.82, 2.24) is 0 Å². The zero-order valence-electron chi connectivity index (χ0n) is 20.1. The Kier molecular flexibility index (Phi) is 6.74. The van der Waals surface area contributed by atoms with Crippen molar-refractivity contribution in [2.24, 2.45) is 0 Å². The molecule has 6 heteroatoms. The Morgan fingerprint density at radius 2 is 1.05 bits per heavy atom. The van der Waals surface area contributed by atoms with Crippen LogP contribution in [0.2, 0.25) is 0 Å². The van der Waals surface area contributed by atoms with E-state index in [0.717, 1.165) is 46.9 Å². The molecule has 0 saturated carbocycles. The largest absolute Gasteiger partial charge is 0.416 e. The first-order valence-electron chi connectivity index (χ1n) is 12.0. The molecule has 38 heavy (non-hydrogen) atoms. The summed E-state index contributed by atoms with van der Waals surface area (Å²) in [6, 6.07) is 24.3. The molecule has 0 aliphatic heterocycles. The number of fused-ring (bicyclic) bond motifs is 1. The highest BCUT2D eigenvalue weighted by atomic mass is 19.4. The van der Waals surface area contributed by atoms with E-state index in [9.17, 15) is 26.3 Å². The van der Waals surface area contributed by atoms with Gasteiger partial charge in [-0.05, 0) is 80.9 Å². The monoisotopic (exact) mass is 520 g/mol. The van der Waals surface area contributed by atoms with Gasteiger partial charge < -0.3 is 0 Å². The molecule has 1 aliphatic rings. The third kappa shape index (κ3) is 5.59. The summed E-state index contributed by atoms with van der Waals surface area (Å²) in [6.45, 7) is 0. The first-order chi connectivity index (χ1) is 18.1. The fraction of sp³-hybridized carbons (Fsp3) is 0.125. The minimum Gasteiger partial charge on any atom is -0.166 e. The van der Waals surface area contributed by atoms with Gasteiger partial charge >= 0.3 is 12.4 Å². The summed E-state index contributed by atoms with van der Waals surface area (Å²) in [5, 5.41) is 2.36. The second-order valence-corrected chi connectivity index (χ2v) is 9.18. The van der Waals surface area contributed by atoms with Crippen molar-refractivity contribution in [2.75, 3.05) is 0 Å². The maximum atomic E-state index is 13.3. The van der Waals surface area contributed by atoms with Crippen LogP contribution in [0.4, 0.5) is 26.3 Å². The molecule has 192 valence electrons. The number of hydrogen-bond acceptors (Lipinski definition) is 0. The van der Waals surface area contributed by atoms with E-state index in [4.69, 9.17) is 0 Å². The van der Waals surface area contributed by atoms with Crippen molar-refractivity contribution >= 4 is 17.7 Å². The summed E-state index contributed by atoms with van der Waals surface area (Å²) in [6.07, 6.45) is -1.57. The molecule has 0 radical (unpaired) electrons. The van der Waals surface area contributed by atoms with Crippen molar-refractivity contribution in [1.29, 1.82) is 0 Å². The fourth-order valence-corrected chi connectivity index (χ4v) is 4.62. The fourth-order valence-electron chi connectivity index (χ4n) is 4.62. The normalized spacial score (nSPS) is 17.1. The van der Waals surface area contributed by atoms with Crippen LogP contribution in [0.25, 0.3) is 40.0 Å². The van der Waals surface area contributed by atoms with Crippen LogP contribution in [0.1, 0.15) is 29.5 Å². The highest BCUT2D eigenvalue weighted by Crippen LogP contribution is 2.39. The number of rotatable bonds is 3. The van der Waals surface area contributed by atoms with Gasteiger partial charge in [-0.15, -0.1) is 0 Å². The van der Waals surface area contributed by atoms with Crippen LogP contribution in [0.5, 0.6) is 0 Å². The zero-order valence-corrected chi connectivity index (χ0v) is 20.1. The Morgan fingerprint density at radius 1 is 0.474 bits per heavy atom. The maximum absolute atomic E-state index is 13.3. The van der Waals surface area contributed by atoms with Crippen LogP contribution in [-0.2, 0) is 12.4 Å². The lowest BCUT2D eigenvalue weighted by Crippen LogP contribution is -2.23. The Labute approximate surface area is 215 Å². The van der Waals surface area contributed by atoms with E-state index < -0.39 is 23.5 Å². The van der Waals surface area contributed by atoms with Gasteiger partial charge in [-0.3, -0.25) is 0 Å². The molecule has 0 heterocycles. The molecule has 0 atom stereocenters. The summed E-state index contributed by atoms with van der Waals surface area (Å²) in [5.74, 6) is 0. The smallest absolute Gasteiger partial charge is 0.166 e. The topological polar surface area (TPSA) is 0 Å². The molecule has 1 aliphatic carbocycles. The van der Waals surface area contributed by atoms with E-state index in [1.807, 2.05) is 36.4 Å². The van der Waals surface area contributed by atoms with Gasteiger partial charge in [0.15, 0.2) is 0 Å². The molecule has 0 spiro atoms. The summed E-state index contributed by atoms with van der Waals surface area (Å²) in [7, 11) is 0. The quantitative estimate of drug-likeness (QED) is 0.238. The molecular formula is C32H22F6. The predicted molar refractivity (Wildman–Crippen MR) is 139 cm³/mol. The van der Waals surface area contributed by atoms with Gasteiger partial charge in [-0.2, -0.15) is 26.3 Å². The predicted octanol–water partition coefficient (Wildman–Crippen LogP) is 8.50. The Hall–Kier alpha value is -4.06. The second-order valence-electron chi connectivity index (χ2n) is 9.18. The highest BCUT2D eigenvalue weighted by molar-refractivity contribution is 5.77. The number of benzene rings is 4. The minimum atomic E-state index is -4.89. The number of hydrogen-bond donors (Lipinski definition) is 0. The molecule has 4 aromatic rings. The van der Waals surface area contributed by atoms with Gasteiger partial charge in [0.2, 0.25) is 0 Å². The summed E-state index contributed by atoms with van der Waals surface area (Å²) < 4.78 is 79.6. The van der Waals surface area contributed by atoms with E-state index in [-0.39, 0.29) is 17.2 Å². The third-order valence-corrected chi connectivity index (χ3v) is 6.61. The van der Waals surface area contributed by atoms with Crippen LogP contribution in [-0.4, -0.2) is 0 Å². The van der Waals surface area contributed by atoms with Gasteiger partial charge in [0.25, 0.3) is 0 Å². The van der Waals surface area contributed by atoms with Crippen molar-refractivity contribution in [3.05, 3.63) is 124 Å². The lowest BCUT2D eigenvalue weighted by atomic mass is 9.93. The number of halogens is 6. The molecule has 0 bridgehead atoms. The molecule has 0 nitrogen and oxygen atoms in total. The second kappa shape index (κ2) is 10.0. The highest BCUT2D eigenvalue weighted by Gasteiger charge is 2.37. The van der Waals surface area contributed by atoms with Crippen molar-refractivity contribution in [2.45, 2.75) is 25.2 Å². The van der Waals surface area contributed by atoms with E-state index in [1.165, 1.54) is 10.8 Å².